The molecule has 0 aliphatic rings. The van der Waals surface area contributed by atoms with Gasteiger partial charge in [-0.1, -0.05) is 0 Å². The van der Waals surface area contributed by atoms with Gasteiger partial charge in [-0.25, -0.2) is 9.78 Å². The van der Waals surface area contributed by atoms with Crippen LogP contribution in [0.15, 0.2) is 29.1 Å². The highest BCUT2D eigenvalue weighted by Crippen LogP contribution is 2.15. The van der Waals surface area contributed by atoms with E-state index < -0.39 is 5.97 Å². The molecule has 74 valence electrons. The maximum atomic E-state index is 10.6. The Morgan fingerprint density at radius 2 is 2.21 bits per heavy atom. The van der Waals surface area contributed by atoms with E-state index in [1.165, 1.54) is 12.4 Å². The number of nitrogens with zero attached hydrogens (tertiary/aromatic N) is 2. The van der Waals surface area contributed by atoms with Gasteiger partial charge >= 0.3 is 5.97 Å². The molecule has 0 atom stereocenters. The molecule has 0 aliphatic carbocycles. The highest BCUT2D eigenvalue weighted by Gasteiger charge is 2.06. The molecule has 6 heteroatoms. The maximum absolute atomic E-state index is 10.6. The van der Waals surface area contributed by atoms with Crippen LogP contribution in [0, 0.1) is 0 Å². The third-order valence-corrected chi connectivity index (χ3v) is 2.35. The number of hydrogen-bond donors (Lipinski definition) is 1. The van der Waals surface area contributed by atoms with Crippen LogP contribution in [0.25, 0.3) is 5.52 Å². The molecule has 0 bridgehead atoms. The topological polar surface area (TPSA) is 54.6 Å². The van der Waals surface area contributed by atoms with Crippen molar-refractivity contribution in [2.24, 2.45) is 0 Å². The fraction of sp³-hybridized carbons (Fsp3) is 0. The van der Waals surface area contributed by atoms with E-state index in [0.29, 0.717) is 0 Å². The number of carboxylic acids is 1. The van der Waals surface area contributed by atoms with Gasteiger partial charge in [0, 0.05) is 6.20 Å². The molecule has 0 radical (unpaired) electrons. The van der Waals surface area contributed by atoms with Gasteiger partial charge < -0.3 is 9.51 Å². The zero-order valence-electron chi connectivity index (χ0n) is 6.85. The van der Waals surface area contributed by atoms with E-state index in [0.717, 1.165) is 10.1 Å². The Labute approximate surface area is 94.1 Å². The average Bonchev–Trinajstić information content (AvgIpc) is 2.47. The van der Waals surface area contributed by atoms with Crippen molar-refractivity contribution in [2.75, 3.05) is 0 Å². The van der Waals surface area contributed by atoms with Crippen LogP contribution in [0.5, 0.6) is 0 Å². The van der Waals surface area contributed by atoms with Crippen LogP contribution >= 0.6 is 28.3 Å². The molecule has 2 heterocycles. The van der Waals surface area contributed by atoms with Crippen molar-refractivity contribution in [3.63, 3.8) is 0 Å². The lowest BCUT2D eigenvalue weighted by molar-refractivity contribution is 0.0690. The Bertz CT molecular complexity index is 483. The second kappa shape index (κ2) is 3.98. The number of hydrogen-bond acceptors (Lipinski definition) is 2. The normalized spacial score (nSPS) is 9.79. The van der Waals surface area contributed by atoms with E-state index in [4.69, 9.17) is 5.11 Å². The third kappa shape index (κ3) is 1.73. The van der Waals surface area contributed by atoms with E-state index in [-0.39, 0.29) is 18.1 Å². The lowest BCUT2D eigenvalue weighted by atomic mass is 10.4. The predicted octanol–water partition coefficient (Wildman–Crippen LogP) is 2.22. The molecule has 2 aromatic heterocycles. The van der Waals surface area contributed by atoms with E-state index in [9.17, 15) is 4.79 Å². The van der Waals surface area contributed by atoms with Gasteiger partial charge in [-0.05, 0) is 28.1 Å². The molecular weight excluding hydrogens is 271 g/mol. The second-order valence-corrected chi connectivity index (χ2v) is 3.34. The first-order valence-electron chi connectivity index (χ1n) is 3.54. The monoisotopic (exact) mass is 276 g/mol. The number of fused-ring (bicyclic) bond motifs is 1. The third-order valence-electron chi connectivity index (χ3n) is 1.71. The molecule has 0 amide bonds. The Kier molecular flexibility index (Phi) is 3.13. The van der Waals surface area contributed by atoms with Crippen molar-refractivity contribution in [1.29, 1.82) is 0 Å². The van der Waals surface area contributed by atoms with Crippen LogP contribution in [-0.4, -0.2) is 20.5 Å². The molecule has 0 fully saturated rings. The second-order valence-electron chi connectivity index (χ2n) is 2.53. The summed E-state index contributed by atoms with van der Waals surface area (Å²) < 4.78 is 2.53. The number of aromatic nitrogens is 2. The van der Waals surface area contributed by atoms with Crippen LogP contribution in [0.4, 0.5) is 0 Å². The minimum absolute atomic E-state index is 0. The van der Waals surface area contributed by atoms with E-state index >= 15 is 0 Å². The van der Waals surface area contributed by atoms with Crippen LogP contribution in [-0.2, 0) is 0 Å². The summed E-state index contributed by atoms with van der Waals surface area (Å²) >= 11 is 3.29. The molecule has 0 saturated carbocycles. The van der Waals surface area contributed by atoms with Crippen molar-refractivity contribution in [3.05, 3.63) is 34.8 Å². The number of rotatable bonds is 1. The Hall–Kier alpha value is -1.07. The quantitative estimate of drug-likeness (QED) is 0.869. The van der Waals surface area contributed by atoms with Gasteiger partial charge in [-0.2, -0.15) is 0 Å². The molecule has 0 aliphatic heterocycles. The number of aromatic carboxylic acids is 1. The first-order valence-corrected chi connectivity index (χ1v) is 4.33. The van der Waals surface area contributed by atoms with Gasteiger partial charge in [0.25, 0.3) is 0 Å². The van der Waals surface area contributed by atoms with Crippen molar-refractivity contribution in [3.8, 4) is 0 Å². The summed E-state index contributed by atoms with van der Waals surface area (Å²) in [6, 6.07) is 3.69. The van der Waals surface area contributed by atoms with Gasteiger partial charge in [0.1, 0.15) is 0 Å². The van der Waals surface area contributed by atoms with Gasteiger partial charge in [0.05, 0.1) is 16.3 Å². The molecule has 1 N–H and O–H groups in total. The fourth-order valence-electron chi connectivity index (χ4n) is 1.08. The van der Waals surface area contributed by atoms with Crippen molar-refractivity contribution < 1.29 is 9.90 Å². The summed E-state index contributed by atoms with van der Waals surface area (Å²) in [5.74, 6) is -1.03. The predicted molar refractivity (Wildman–Crippen MR) is 57.1 cm³/mol. The fourth-order valence-corrected chi connectivity index (χ4v) is 1.52. The number of carboxylic acid groups (broad SMARTS) is 1. The molecule has 2 aromatic rings. The smallest absolute Gasteiger partial charge is 0.356 e. The Balaban J connectivity index is 0.000000980. The minimum Gasteiger partial charge on any atom is -0.476 e. The van der Waals surface area contributed by atoms with Gasteiger partial charge in [-0.3, -0.25) is 0 Å². The number of carbonyl (C=O) groups is 1. The van der Waals surface area contributed by atoms with Crippen LogP contribution in [0.2, 0.25) is 0 Å². The summed E-state index contributed by atoms with van der Waals surface area (Å²) in [6.07, 6.45) is 3.00. The first-order chi connectivity index (χ1) is 6.18. The van der Waals surface area contributed by atoms with E-state index in [1.54, 1.807) is 4.40 Å². The Morgan fingerprint density at radius 1 is 1.50 bits per heavy atom. The summed E-state index contributed by atoms with van der Waals surface area (Å²) in [5.41, 5.74) is 0.890. The van der Waals surface area contributed by atoms with Gasteiger partial charge in [0.15, 0.2) is 5.69 Å². The maximum Gasteiger partial charge on any atom is 0.356 e. The molecule has 0 spiro atoms. The van der Waals surface area contributed by atoms with Crippen molar-refractivity contribution in [2.45, 2.75) is 0 Å². The first kappa shape index (κ1) is 11.0. The van der Waals surface area contributed by atoms with Gasteiger partial charge in [-0.15, -0.1) is 12.4 Å². The zero-order chi connectivity index (χ0) is 9.42. The number of halogens is 2. The molecule has 2 rings (SSSR count). The standard InChI is InChI=1S/C8H5BrN2O2.ClH/c9-7-2-1-5-3-10-6(8(12)13)4-11(5)7;/h1-4H,(H,12,13);1H. The van der Waals surface area contributed by atoms with Crippen LogP contribution in [0.1, 0.15) is 10.5 Å². The van der Waals surface area contributed by atoms with Crippen molar-refractivity contribution >= 4 is 39.8 Å². The summed E-state index contributed by atoms with van der Waals surface area (Å²) in [7, 11) is 0. The van der Waals surface area contributed by atoms with Gasteiger partial charge in [0.2, 0.25) is 0 Å². The molecule has 4 nitrogen and oxygen atoms in total. The van der Waals surface area contributed by atoms with E-state index in [2.05, 4.69) is 20.9 Å². The molecule has 0 saturated heterocycles. The molecule has 0 unspecified atom stereocenters. The molecular formula is C8H6BrClN2O2. The van der Waals surface area contributed by atoms with Crippen LogP contribution in [0.3, 0.4) is 0 Å². The lowest BCUT2D eigenvalue weighted by Gasteiger charge is -1.97. The lowest BCUT2D eigenvalue weighted by Crippen LogP contribution is -2.01. The Morgan fingerprint density at radius 3 is 2.86 bits per heavy atom. The average molecular weight is 278 g/mol. The molecule has 14 heavy (non-hydrogen) atoms. The highest BCUT2D eigenvalue weighted by molar-refractivity contribution is 9.10. The van der Waals surface area contributed by atoms with Crippen LogP contribution < -0.4 is 0 Å². The molecule has 0 aromatic carbocycles. The zero-order valence-corrected chi connectivity index (χ0v) is 9.25. The minimum atomic E-state index is -1.03. The summed E-state index contributed by atoms with van der Waals surface area (Å²) in [5, 5.41) is 8.68. The summed E-state index contributed by atoms with van der Waals surface area (Å²) in [6.45, 7) is 0. The van der Waals surface area contributed by atoms with E-state index in [1.807, 2.05) is 12.1 Å². The SMILES string of the molecule is Cl.O=C(O)c1cn2c(Br)ccc2cn1. The van der Waals surface area contributed by atoms with Crippen molar-refractivity contribution in [1.82, 2.24) is 9.38 Å². The summed E-state index contributed by atoms with van der Waals surface area (Å²) in [4.78, 5) is 14.4. The highest BCUT2D eigenvalue weighted by atomic mass is 79.9. The largest absolute Gasteiger partial charge is 0.476 e.